The molecule has 150 valence electrons. The van der Waals surface area contributed by atoms with E-state index in [-0.39, 0.29) is 12.5 Å². The maximum Gasteiger partial charge on any atom is 0.0878 e. The van der Waals surface area contributed by atoms with E-state index in [0.29, 0.717) is 12.1 Å². The topological polar surface area (TPSA) is 65.7 Å². The van der Waals surface area contributed by atoms with Crippen molar-refractivity contribution in [3.63, 3.8) is 0 Å². The summed E-state index contributed by atoms with van der Waals surface area (Å²) in [4.78, 5) is 4.25. The summed E-state index contributed by atoms with van der Waals surface area (Å²) >= 11 is 0. The third-order valence-corrected chi connectivity index (χ3v) is 5.32. The van der Waals surface area contributed by atoms with Gasteiger partial charge in [-0.3, -0.25) is 4.98 Å². The van der Waals surface area contributed by atoms with E-state index in [1.807, 2.05) is 25.1 Å². The van der Waals surface area contributed by atoms with E-state index in [1.54, 1.807) is 6.20 Å². The first-order valence-corrected chi connectivity index (χ1v) is 10.0. The van der Waals surface area contributed by atoms with E-state index in [9.17, 15) is 5.21 Å². The minimum Gasteiger partial charge on any atom is -0.411 e. The van der Waals surface area contributed by atoms with Gasteiger partial charge in [0.2, 0.25) is 0 Å². The lowest BCUT2D eigenvalue weighted by atomic mass is 9.83. The Morgan fingerprint density at radius 1 is 1.03 bits per heavy atom. The van der Waals surface area contributed by atoms with Crippen molar-refractivity contribution in [3.05, 3.63) is 100 Å². The van der Waals surface area contributed by atoms with Gasteiger partial charge in [-0.15, -0.1) is 0 Å². The van der Waals surface area contributed by atoms with E-state index in [1.165, 1.54) is 22.3 Å². The van der Waals surface area contributed by atoms with Gasteiger partial charge in [-0.25, -0.2) is 0 Å². The molecular formula is C25H28N2O2. The monoisotopic (exact) mass is 388 g/mol. The molecule has 1 aromatic heterocycles. The van der Waals surface area contributed by atoms with E-state index in [2.05, 4.69) is 59.5 Å². The molecule has 0 aliphatic rings. The lowest BCUT2D eigenvalue weighted by molar-refractivity contribution is 0.288. The van der Waals surface area contributed by atoms with Gasteiger partial charge in [-0.1, -0.05) is 53.7 Å². The standard InChI is InChI=1S/C25H28N2O2/c1-18-6-3-4-8-23(18)24(21-11-9-20(10-12-21)7-5-15-28)17-25(27-29)22-13-14-26-19(2)16-22/h3-4,6,8-14,16,24,28-29H,5,7,15,17H2,1-2H3/b27-25+. The molecule has 0 saturated carbocycles. The van der Waals surface area contributed by atoms with Gasteiger partial charge in [0.25, 0.3) is 0 Å². The van der Waals surface area contributed by atoms with Crippen LogP contribution in [0, 0.1) is 13.8 Å². The molecule has 3 rings (SSSR count). The average Bonchev–Trinajstić information content (AvgIpc) is 2.74. The van der Waals surface area contributed by atoms with E-state index in [0.717, 1.165) is 24.1 Å². The molecule has 4 nitrogen and oxygen atoms in total. The first-order valence-electron chi connectivity index (χ1n) is 10.0. The van der Waals surface area contributed by atoms with E-state index < -0.39 is 0 Å². The van der Waals surface area contributed by atoms with Gasteiger partial charge in [0.05, 0.1) is 5.71 Å². The highest BCUT2D eigenvalue weighted by atomic mass is 16.4. The number of benzene rings is 2. The molecule has 4 heteroatoms. The first-order chi connectivity index (χ1) is 14.1. The van der Waals surface area contributed by atoms with Gasteiger partial charge >= 0.3 is 0 Å². The lowest BCUT2D eigenvalue weighted by Crippen LogP contribution is -2.12. The molecule has 0 bridgehead atoms. The van der Waals surface area contributed by atoms with Crippen LogP contribution in [0.15, 0.2) is 72.0 Å². The van der Waals surface area contributed by atoms with E-state index in [4.69, 9.17) is 5.11 Å². The molecule has 3 aromatic rings. The fourth-order valence-electron chi connectivity index (χ4n) is 3.72. The van der Waals surface area contributed by atoms with Crippen molar-refractivity contribution in [1.82, 2.24) is 4.98 Å². The second-order valence-electron chi connectivity index (χ2n) is 7.41. The highest BCUT2D eigenvalue weighted by Gasteiger charge is 2.20. The third-order valence-electron chi connectivity index (χ3n) is 5.32. The summed E-state index contributed by atoms with van der Waals surface area (Å²) in [6, 6.07) is 20.7. The minimum atomic E-state index is 0.0717. The molecule has 0 saturated heterocycles. The predicted octanol–water partition coefficient (Wildman–Crippen LogP) is 5.02. The number of aromatic nitrogens is 1. The van der Waals surface area contributed by atoms with Crippen LogP contribution in [0.4, 0.5) is 0 Å². The van der Waals surface area contributed by atoms with Gasteiger partial charge in [-0.2, -0.15) is 0 Å². The van der Waals surface area contributed by atoms with Gasteiger partial charge < -0.3 is 10.3 Å². The van der Waals surface area contributed by atoms with Crippen molar-refractivity contribution in [2.75, 3.05) is 6.61 Å². The Balaban J connectivity index is 1.96. The fourth-order valence-corrected chi connectivity index (χ4v) is 3.72. The maximum atomic E-state index is 9.77. The Hall–Kier alpha value is -2.98. The second-order valence-corrected chi connectivity index (χ2v) is 7.41. The number of oxime groups is 1. The number of pyridine rings is 1. The number of aliphatic hydroxyl groups is 1. The van der Waals surface area contributed by atoms with Gasteiger partial charge in [0.1, 0.15) is 0 Å². The zero-order valence-electron chi connectivity index (χ0n) is 17.0. The molecular weight excluding hydrogens is 360 g/mol. The highest BCUT2D eigenvalue weighted by molar-refractivity contribution is 6.00. The molecule has 1 heterocycles. The van der Waals surface area contributed by atoms with Crippen molar-refractivity contribution in [3.8, 4) is 0 Å². The van der Waals surface area contributed by atoms with E-state index >= 15 is 0 Å². The quantitative estimate of drug-likeness (QED) is 0.323. The summed E-state index contributed by atoms with van der Waals surface area (Å²) in [5.74, 6) is 0.0717. The van der Waals surface area contributed by atoms with Crippen molar-refractivity contribution in [2.45, 2.75) is 39.0 Å². The lowest BCUT2D eigenvalue weighted by Gasteiger charge is -2.21. The summed E-state index contributed by atoms with van der Waals surface area (Å²) in [6.07, 6.45) is 3.96. The number of rotatable bonds is 8. The van der Waals surface area contributed by atoms with Crippen LogP contribution in [0.1, 0.15) is 52.3 Å². The highest BCUT2D eigenvalue weighted by Crippen LogP contribution is 2.32. The number of hydrogen-bond donors (Lipinski definition) is 2. The van der Waals surface area contributed by atoms with Crippen LogP contribution in [-0.2, 0) is 6.42 Å². The van der Waals surface area contributed by atoms with Gasteiger partial charge in [0.15, 0.2) is 0 Å². The second kappa shape index (κ2) is 9.99. The van der Waals surface area contributed by atoms with Crippen LogP contribution >= 0.6 is 0 Å². The predicted molar refractivity (Wildman–Crippen MR) is 117 cm³/mol. The molecule has 0 spiro atoms. The zero-order valence-corrected chi connectivity index (χ0v) is 17.0. The Morgan fingerprint density at radius 2 is 1.79 bits per heavy atom. The molecule has 0 radical (unpaired) electrons. The minimum absolute atomic E-state index is 0.0717. The Morgan fingerprint density at radius 3 is 2.45 bits per heavy atom. The van der Waals surface area contributed by atoms with Gasteiger partial charge in [0, 0.05) is 36.4 Å². The number of hydrogen-bond acceptors (Lipinski definition) is 4. The third kappa shape index (κ3) is 5.30. The smallest absolute Gasteiger partial charge is 0.0878 e. The zero-order chi connectivity index (χ0) is 20.6. The molecule has 0 aliphatic carbocycles. The van der Waals surface area contributed by atoms with Crippen LogP contribution in [0.25, 0.3) is 0 Å². The number of aliphatic hydroxyl groups excluding tert-OH is 1. The Bertz CT molecular complexity index is 965. The molecule has 0 fully saturated rings. The molecule has 1 atom stereocenters. The van der Waals surface area contributed by atoms with Crippen molar-refractivity contribution >= 4 is 5.71 Å². The molecule has 1 unspecified atom stereocenters. The van der Waals surface area contributed by atoms with Crippen LogP contribution in [0.2, 0.25) is 0 Å². The van der Waals surface area contributed by atoms with Crippen LogP contribution in [0.3, 0.4) is 0 Å². The first kappa shape index (κ1) is 20.7. The van der Waals surface area contributed by atoms with Crippen molar-refractivity contribution in [2.24, 2.45) is 5.16 Å². The van der Waals surface area contributed by atoms with Gasteiger partial charge in [-0.05, 0) is 61.1 Å². The summed E-state index contributed by atoms with van der Waals surface area (Å²) < 4.78 is 0. The summed E-state index contributed by atoms with van der Waals surface area (Å²) in [5.41, 5.74) is 7.26. The number of aryl methyl sites for hydroxylation is 3. The van der Waals surface area contributed by atoms with Crippen molar-refractivity contribution in [1.29, 1.82) is 0 Å². The molecule has 29 heavy (non-hydrogen) atoms. The molecule has 0 amide bonds. The number of nitrogens with zero attached hydrogens (tertiary/aromatic N) is 2. The SMILES string of the molecule is Cc1cc(/C(CC(c2ccc(CCCO)cc2)c2ccccc2C)=N/O)ccn1. The van der Waals surface area contributed by atoms with Crippen molar-refractivity contribution < 1.29 is 10.3 Å². The molecule has 0 aliphatic heterocycles. The Labute approximate surface area is 172 Å². The van der Waals surface area contributed by atoms with Crippen LogP contribution in [0.5, 0.6) is 0 Å². The van der Waals surface area contributed by atoms with Crippen LogP contribution in [-0.4, -0.2) is 27.6 Å². The summed E-state index contributed by atoms with van der Waals surface area (Å²) in [7, 11) is 0. The van der Waals surface area contributed by atoms with Crippen LogP contribution < -0.4 is 0 Å². The summed E-state index contributed by atoms with van der Waals surface area (Å²) in [5, 5.41) is 22.5. The maximum absolute atomic E-state index is 9.77. The Kier molecular flexibility index (Phi) is 7.14. The normalized spacial score (nSPS) is 12.7. The average molecular weight is 389 g/mol. The molecule has 2 aromatic carbocycles. The largest absolute Gasteiger partial charge is 0.411 e. The fraction of sp³-hybridized carbons (Fsp3) is 0.280. The molecule has 2 N–H and O–H groups in total. The summed E-state index contributed by atoms with van der Waals surface area (Å²) in [6.45, 7) is 4.25.